The Hall–Kier alpha value is -2.41. The maximum Gasteiger partial charge on any atom is 0.417 e. The molecule has 0 saturated carbocycles. The maximum atomic E-state index is 13.4. The van der Waals surface area contributed by atoms with Crippen LogP contribution in [0.2, 0.25) is 0 Å². The highest BCUT2D eigenvalue weighted by Crippen LogP contribution is 2.42. The highest BCUT2D eigenvalue weighted by atomic mass is 32.1. The summed E-state index contributed by atoms with van der Waals surface area (Å²) < 4.78 is 40.1. The smallest absolute Gasteiger partial charge is 0.397 e. The molecule has 3 rings (SSSR count). The molecule has 0 radical (unpaired) electrons. The molecule has 2 N–H and O–H groups in total. The summed E-state index contributed by atoms with van der Waals surface area (Å²) >= 11 is 0.899. The van der Waals surface area contributed by atoms with Gasteiger partial charge in [-0.2, -0.15) is 13.2 Å². The SMILES string of the molecule is Cc1ccc(C(=O)c2sc3nc(C)cc(C(F)(F)F)c3c2N)c(C)c1. The molecular weight excluding hydrogens is 349 g/mol. The van der Waals surface area contributed by atoms with Crippen LogP contribution in [0.3, 0.4) is 0 Å². The number of alkyl halides is 3. The fourth-order valence-electron chi connectivity index (χ4n) is 2.83. The van der Waals surface area contributed by atoms with Gasteiger partial charge in [-0.05, 0) is 32.4 Å². The van der Waals surface area contributed by atoms with Gasteiger partial charge in [0.05, 0.1) is 11.3 Å². The average Bonchev–Trinajstić information content (AvgIpc) is 2.81. The Morgan fingerprint density at radius 1 is 1.16 bits per heavy atom. The van der Waals surface area contributed by atoms with Crippen LogP contribution in [-0.4, -0.2) is 10.8 Å². The number of fused-ring (bicyclic) bond motifs is 1. The van der Waals surface area contributed by atoms with Crippen LogP contribution in [-0.2, 0) is 6.18 Å². The van der Waals surface area contributed by atoms with E-state index in [2.05, 4.69) is 4.98 Å². The normalized spacial score (nSPS) is 11.9. The Bertz CT molecular complexity index is 1010. The van der Waals surface area contributed by atoms with Gasteiger partial charge in [-0.3, -0.25) is 4.79 Å². The Morgan fingerprint density at radius 3 is 2.44 bits per heavy atom. The van der Waals surface area contributed by atoms with E-state index in [1.807, 2.05) is 13.0 Å². The standard InChI is InChI=1S/C18H15F3N2OS/c1-8-4-5-11(9(2)6-8)15(24)16-14(22)13-12(18(19,20)21)7-10(3)23-17(13)25-16/h4-7H,22H2,1-3H3. The first-order chi connectivity index (χ1) is 11.6. The van der Waals surface area contributed by atoms with Gasteiger partial charge in [-0.1, -0.05) is 23.8 Å². The van der Waals surface area contributed by atoms with E-state index in [1.54, 1.807) is 19.1 Å². The van der Waals surface area contributed by atoms with Gasteiger partial charge in [0, 0.05) is 16.6 Å². The molecule has 0 bridgehead atoms. The lowest BCUT2D eigenvalue weighted by atomic mass is 10.00. The number of aromatic nitrogens is 1. The first-order valence-electron chi connectivity index (χ1n) is 7.48. The van der Waals surface area contributed by atoms with Gasteiger partial charge in [-0.15, -0.1) is 11.3 Å². The summed E-state index contributed by atoms with van der Waals surface area (Å²) in [6.45, 7) is 5.17. The van der Waals surface area contributed by atoms with Crippen molar-refractivity contribution in [2.24, 2.45) is 0 Å². The van der Waals surface area contributed by atoms with Crippen molar-refractivity contribution in [3.63, 3.8) is 0 Å². The van der Waals surface area contributed by atoms with E-state index in [9.17, 15) is 18.0 Å². The van der Waals surface area contributed by atoms with Crippen LogP contribution in [0.1, 0.15) is 37.6 Å². The van der Waals surface area contributed by atoms with Crippen molar-refractivity contribution in [1.82, 2.24) is 4.98 Å². The fraction of sp³-hybridized carbons (Fsp3) is 0.222. The molecule has 0 fully saturated rings. The maximum absolute atomic E-state index is 13.4. The summed E-state index contributed by atoms with van der Waals surface area (Å²) in [7, 11) is 0. The molecule has 0 aliphatic carbocycles. The topological polar surface area (TPSA) is 56.0 Å². The third kappa shape index (κ3) is 3.00. The number of hydrogen-bond acceptors (Lipinski definition) is 4. The highest BCUT2D eigenvalue weighted by Gasteiger charge is 2.36. The number of anilines is 1. The average molecular weight is 364 g/mol. The largest absolute Gasteiger partial charge is 0.417 e. The Labute approximate surface area is 146 Å². The first kappa shape index (κ1) is 17.4. The van der Waals surface area contributed by atoms with Crippen molar-refractivity contribution in [3.05, 3.63) is 57.1 Å². The summed E-state index contributed by atoms with van der Waals surface area (Å²) in [4.78, 5) is 17.2. The number of carbonyl (C=O) groups excluding carboxylic acids is 1. The van der Waals surface area contributed by atoms with Crippen molar-refractivity contribution in [1.29, 1.82) is 0 Å². The Kier molecular flexibility index (Phi) is 4.07. The number of benzene rings is 1. The zero-order valence-corrected chi connectivity index (χ0v) is 14.6. The highest BCUT2D eigenvalue weighted by molar-refractivity contribution is 7.21. The zero-order chi connectivity index (χ0) is 18.5. The monoisotopic (exact) mass is 364 g/mol. The number of nitrogens with zero attached hydrogens (tertiary/aromatic N) is 1. The molecule has 0 spiro atoms. The van der Waals surface area contributed by atoms with Crippen LogP contribution < -0.4 is 5.73 Å². The van der Waals surface area contributed by atoms with Gasteiger partial charge < -0.3 is 5.73 Å². The minimum absolute atomic E-state index is 0.0885. The van der Waals surface area contributed by atoms with Crippen LogP contribution >= 0.6 is 11.3 Å². The number of nitrogens with two attached hydrogens (primary N) is 1. The van der Waals surface area contributed by atoms with Crippen molar-refractivity contribution in [2.75, 3.05) is 5.73 Å². The molecule has 130 valence electrons. The van der Waals surface area contributed by atoms with Gasteiger partial charge in [0.2, 0.25) is 5.78 Å². The fourth-order valence-corrected chi connectivity index (χ4v) is 3.95. The van der Waals surface area contributed by atoms with Gasteiger partial charge >= 0.3 is 6.18 Å². The Morgan fingerprint density at radius 2 is 1.84 bits per heavy atom. The van der Waals surface area contributed by atoms with E-state index >= 15 is 0 Å². The molecule has 25 heavy (non-hydrogen) atoms. The molecule has 0 aliphatic rings. The van der Waals surface area contributed by atoms with E-state index in [4.69, 9.17) is 5.73 Å². The number of rotatable bonds is 2. The molecule has 1 aromatic carbocycles. The second-order valence-corrected chi connectivity index (χ2v) is 6.98. The minimum atomic E-state index is -4.57. The second-order valence-electron chi connectivity index (χ2n) is 5.98. The van der Waals surface area contributed by atoms with Gasteiger partial charge in [0.1, 0.15) is 9.71 Å². The number of aryl methyl sites for hydroxylation is 3. The number of hydrogen-bond donors (Lipinski definition) is 1. The van der Waals surface area contributed by atoms with Crippen LogP contribution in [0.4, 0.5) is 18.9 Å². The van der Waals surface area contributed by atoms with Crippen molar-refractivity contribution in [3.8, 4) is 0 Å². The molecule has 0 atom stereocenters. The number of ketones is 1. The Balaban J connectivity index is 2.25. The molecule has 0 amide bonds. The van der Waals surface area contributed by atoms with Gasteiger partial charge in [-0.25, -0.2) is 4.98 Å². The number of halogens is 3. The van der Waals surface area contributed by atoms with E-state index in [1.165, 1.54) is 6.92 Å². The molecule has 2 heterocycles. The molecule has 3 nitrogen and oxygen atoms in total. The van der Waals surface area contributed by atoms with Crippen LogP contribution in [0.15, 0.2) is 24.3 Å². The first-order valence-corrected chi connectivity index (χ1v) is 8.30. The third-order valence-electron chi connectivity index (χ3n) is 3.97. The van der Waals surface area contributed by atoms with Crippen LogP contribution in [0, 0.1) is 20.8 Å². The zero-order valence-electron chi connectivity index (χ0n) is 13.8. The summed E-state index contributed by atoms with van der Waals surface area (Å²) in [5, 5.41) is -0.198. The predicted molar refractivity (Wildman–Crippen MR) is 93.1 cm³/mol. The van der Waals surface area contributed by atoms with Crippen molar-refractivity contribution < 1.29 is 18.0 Å². The van der Waals surface area contributed by atoms with Crippen molar-refractivity contribution in [2.45, 2.75) is 26.9 Å². The third-order valence-corrected chi connectivity index (χ3v) is 5.06. The molecular formula is C18H15F3N2OS. The molecule has 0 aliphatic heterocycles. The number of thiophene rings is 1. The predicted octanol–water partition coefficient (Wildman–Crippen LogP) is 5.05. The van der Waals surface area contributed by atoms with Crippen LogP contribution in [0.25, 0.3) is 10.2 Å². The van der Waals surface area contributed by atoms with Gasteiger partial charge in [0.15, 0.2) is 0 Å². The molecule has 7 heteroatoms. The molecule has 3 aromatic rings. The van der Waals surface area contributed by atoms with Gasteiger partial charge in [0.25, 0.3) is 0 Å². The number of carbonyl (C=O) groups is 1. The summed E-state index contributed by atoms with van der Waals surface area (Å²) in [5.41, 5.74) is 7.33. The lowest BCUT2D eigenvalue weighted by Crippen LogP contribution is -2.08. The van der Waals surface area contributed by atoms with E-state index < -0.39 is 11.7 Å². The lowest BCUT2D eigenvalue weighted by Gasteiger charge is -2.09. The molecule has 2 aromatic heterocycles. The second kappa shape index (κ2) is 5.84. The quantitative estimate of drug-likeness (QED) is 0.647. The van der Waals surface area contributed by atoms with Crippen molar-refractivity contribution >= 4 is 33.0 Å². The summed E-state index contributed by atoms with van der Waals surface area (Å²) in [6, 6.07) is 6.25. The van der Waals surface area contributed by atoms with E-state index in [0.717, 1.165) is 28.5 Å². The van der Waals surface area contributed by atoms with Crippen LogP contribution in [0.5, 0.6) is 0 Å². The molecule has 0 unspecified atom stereocenters. The number of pyridine rings is 1. The van der Waals surface area contributed by atoms with E-state index in [0.29, 0.717) is 5.56 Å². The van der Waals surface area contributed by atoms with E-state index in [-0.39, 0.29) is 32.3 Å². The lowest BCUT2D eigenvalue weighted by molar-refractivity contribution is -0.136. The summed E-state index contributed by atoms with van der Waals surface area (Å²) in [6.07, 6.45) is -4.57. The molecule has 0 saturated heterocycles. The number of nitrogen functional groups attached to an aromatic ring is 1. The minimum Gasteiger partial charge on any atom is -0.397 e. The summed E-state index contributed by atoms with van der Waals surface area (Å²) in [5.74, 6) is -0.385.